The molecular formula is C16H18FN3O. The predicted octanol–water partition coefficient (Wildman–Crippen LogP) is 3.09. The molecule has 1 aliphatic heterocycles. The maximum atomic E-state index is 13.9. The Balaban J connectivity index is 2.04. The Kier molecular flexibility index (Phi) is 3.49. The van der Waals surface area contributed by atoms with Gasteiger partial charge < -0.3 is 10.3 Å². The lowest BCUT2D eigenvalue weighted by Crippen LogP contribution is -2.35. The van der Waals surface area contributed by atoms with Crippen LogP contribution in [0.1, 0.15) is 42.2 Å². The van der Waals surface area contributed by atoms with E-state index in [2.05, 4.69) is 29.1 Å². The van der Waals surface area contributed by atoms with Gasteiger partial charge in [-0.2, -0.15) is 0 Å². The first-order chi connectivity index (χ1) is 10.1. The molecule has 2 aromatic heterocycles. The van der Waals surface area contributed by atoms with Crippen molar-refractivity contribution in [2.45, 2.75) is 26.2 Å². The first-order valence-corrected chi connectivity index (χ1v) is 7.17. The molecule has 1 amide bonds. The van der Waals surface area contributed by atoms with Crippen molar-refractivity contribution in [3.8, 4) is 11.3 Å². The minimum absolute atomic E-state index is 0.0954. The molecule has 0 saturated heterocycles. The number of rotatable bonds is 3. The normalized spacial score (nSPS) is 17.7. The Hall–Kier alpha value is -2.17. The average molecular weight is 287 g/mol. The van der Waals surface area contributed by atoms with Crippen LogP contribution in [0.2, 0.25) is 0 Å². The number of aromatic nitrogens is 2. The summed E-state index contributed by atoms with van der Waals surface area (Å²) in [6, 6.07) is 3.34. The third kappa shape index (κ3) is 2.55. The maximum absolute atomic E-state index is 13.9. The summed E-state index contributed by atoms with van der Waals surface area (Å²) in [7, 11) is 0. The van der Waals surface area contributed by atoms with E-state index in [1.807, 2.05) is 0 Å². The molecule has 0 spiro atoms. The van der Waals surface area contributed by atoms with Gasteiger partial charge in [-0.3, -0.25) is 9.78 Å². The largest absolute Gasteiger partial charge is 0.357 e. The summed E-state index contributed by atoms with van der Waals surface area (Å²) < 4.78 is 13.9. The zero-order valence-electron chi connectivity index (χ0n) is 12.1. The Bertz CT molecular complexity index is 678. The Morgan fingerprint density at radius 2 is 2.24 bits per heavy atom. The molecule has 4 nitrogen and oxygen atoms in total. The number of nitrogens with one attached hydrogen (secondary N) is 2. The lowest BCUT2D eigenvalue weighted by molar-refractivity contribution is 0.0938. The van der Waals surface area contributed by atoms with E-state index in [4.69, 9.17) is 0 Å². The predicted molar refractivity (Wildman–Crippen MR) is 78.5 cm³/mol. The Labute approximate surface area is 122 Å². The second-order valence-corrected chi connectivity index (χ2v) is 5.90. The van der Waals surface area contributed by atoms with Crippen LogP contribution in [0.3, 0.4) is 0 Å². The number of pyridine rings is 1. The van der Waals surface area contributed by atoms with Crippen LogP contribution in [0, 0.1) is 11.7 Å². The summed E-state index contributed by atoms with van der Waals surface area (Å²) in [4.78, 5) is 19.0. The van der Waals surface area contributed by atoms with E-state index < -0.39 is 5.82 Å². The lowest BCUT2D eigenvalue weighted by Gasteiger charge is -2.24. The number of fused-ring (bicyclic) bond motifs is 1. The van der Waals surface area contributed by atoms with Gasteiger partial charge in [-0.05, 0) is 24.5 Å². The van der Waals surface area contributed by atoms with Crippen molar-refractivity contribution in [3.63, 3.8) is 0 Å². The molecule has 3 heterocycles. The van der Waals surface area contributed by atoms with E-state index >= 15 is 0 Å². The van der Waals surface area contributed by atoms with Crippen molar-refractivity contribution >= 4 is 5.91 Å². The lowest BCUT2D eigenvalue weighted by atomic mass is 9.89. The molecule has 0 aliphatic carbocycles. The van der Waals surface area contributed by atoms with E-state index in [0.29, 0.717) is 29.3 Å². The molecule has 0 fully saturated rings. The molecular weight excluding hydrogens is 269 g/mol. The minimum atomic E-state index is -0.392. The van der Waals surface area contributed by atoms with E-state index in [-0.39, 0.29) is 11.8 Å². The van der Waals surface area contributed by atoms with E-state index in [1.165, 1.54) is 6.20 Å². The number of amides is 1. The number of aromatic amines is 1. The topological polar surface area (TPSA) is 57.8 Å². The van der Waals surface area contributed by atoms with Gasteiger partial charge in [0.2, 0.25) is 0 Å². The number of hydrogen-bond acceptors (Lipinski definition) is 2. The molecule has 110 valence electrons. The quantitative estimate of drug-likeness (QED) is 0.911. The summed E-state index contributed by atoms with van der Waals surface area (Å²) in [5.41, 5.74) is 2.61. The molecule has 2 aromatic rings. The maximum Gasteiger partial charge on any atom is 0.253 e. The molecule has 1 atom stereocenters. The first kappa shape index (κ1) is 13.8. The van der Waals surface area contributed by atoms with Crippen molar-refractivity contribution in [2.75, 3.05) is 6.54 Å². The van der Waals surface area contributed by atoms with Crippen LogP contribution in [0.15, 0.2) is 24.5 Å². The number of carbonyl (C=O) groups is 1. The third-order valence-corrected chi connectivity index (χ3v) is 3.83. The van der Waals surface area contributed by atoms with Crippen LogP contribution in [-0.4, -0.2) is 22.4 Å². The van der Waals surface area contributed by atoms with Gasteiger partial charge >= 0.3 is 0 Å². The molecule has 0 saturated carbocycles. The standard InChI is InChI=1S/C16H18FN3O/c1-9(2)5-10-7-19-16(21)12-6-14(20-15(10)12)11-3-4-18-8-13(11)17/h3-4,6,8-10,20H,5,7H2,1-2H3,(H,19,21)/t10-/m1/s1. The highest BCUT2D eigenvalue weighted by Crippen LogP contribution is 2.32. The molecule has 0 aromatic carbocycles. The smallest absolute Gasteiger partial charge is 0.253 e. The zero-order chi connectivity index (χ0) is 15.0. The van der Waals surface area contributed by atoms with Gasteiger partial charge in [0.25, 0.3) is 5.91 Å². The summed E-state index contributed by atoms with van der Waals surface area (Å²) in [5.74, 6) is 0.289. The monoisotopic (exact) mass is 287 g/mol. The second kappa shape index (κ2) is 5.31. The molecule has 21 heavy (non-hydrogen) atoms. The number of nitrogens with zero attached hydrogens (tertiary/aromatic N) is 1. The van der Waals surface area contributed by atoms with Gasteiger partial charge in [-0.1, -0.05) is 13.8 Å². The van der Waals surface area contributed by atoms with Crippen LogP contribution in [0.5, 0.6) is 0 Å². The summed E-state index contributed by atoms with van der Waals surface area (Å²) >= 11 is 0. The van der Waals surface area contributed by atoms with Crippen molar-refractivity contribution in [2.24, 2.45) is 5.92 Å². The first-order valence-electron chi connectivity index (χ1n) is 7.17. The van der Waals surface area contributed by atoms with Crippen molar-refractivity contribution < 1.29 is 9.18 Å². The van der Waals surface area contributed by atoms with Crippen molar-refractivity contribution in [1.82, 2.24) is 15.3 Å². The zero-order valence-corrected chi connectivity index (χ0v) is 12.1. The fourth-order valence-corrected chi connectivity index (χ4v) is 2.90. The van der Waals surface area contributed by atoms with Gasteiger partial charge in [0.05, 0.1) is 11.8 Å². The Morgan fingerprint density at radius 1 is 1.43 bits per heavy atom. The SMILES string of the molecule is CC(C)C[C@@H]1CNC(=O)c2cc(-c3ccncc3F)[nH]c21. The van der Waals surface area contributed by atoms with E-state index in [9.17, 15) is 9.18 Å². The molecule has 1 aliphatic rings. The van der Waals surface area contributed by atoms with Crippen LogP contribution >= 0.6 is 0 Å². The highest BCUT2D eigenvalue weighted by molar-refractivity contribution is 5.98. The molecule has 2 N–H and O–H groups in total. The summed E-state index contributed by atoms with van der Waals surface area (Å²) in [6.45, 7) is 4.94. The summed E-state index contributed by atoms with van der Waals surface area (Å²) in [5, 5.41) is 2.91. The van der Waals surface area contributed by atoms with E-state index in [0.717, 1.165) is 12.1 Å². The molecule has 5 heteroatoms. The highest BCUT2D eigenvalue weighted by atomic mass is 19.1. The molecule has 0 radical (unpaired) electrons. The van der Waals surface area contributed by atoms with Crippen molar-refractivity contribution in [3.05, 3.63) is 41.6 Å². The molecule has 0 unspecified atom stereocenters. The number of H-pyrrole nitrogens is 1. The fourth-order valence-electron chi connectivity index (χ4n) is 2.90. The fraction of sp³-hybridized carbons (Fsp3) is 0.375. The highest BCUT2D eigenvalue weighted by Gasteiger charge is 2.28. The number of halogens is 1. The second-order valence-electron chi connectivity index (χ2n) is 5.90. The van der Waals surface area contributed by atoms with Gasteiger partial charge in [0, 0.05) is 35.6 Å². The van der Waals surface area contributed by atoms with Crippen LogP contribution in [-0.2, 0) is 0 Å². The van der Waals surface area contributed by atoms with Crippen LogP contribution < -0.4 is 5.32 Å². The third-order valence-electron chi connectivity index (χ3n) is 3.83. The molecule has 0 bridgehead atoms. The van der Waals surface area contributed by atoms with Gasteiger partial charge in [-0.15, -0.1) is 0 Å². The van der Waals surface area contributed by atoms with Crippen LogP contribution in [0.25, 0.3) is 11.3 Å². The number of carbonyl (C=O) groups excluding carboxylic acids is 1. The summed E-state index contributed by atoms with van der Waals surface area (Å²) in [6.07, 6.45) is 3.71. The van der Waals surface area contributed by atoms with E-state index in [1.54, 1.807) is 18.3 Å². The Morgan fingerprint density at radius 3 is 2.95 bits per heavy atom. The van der Waals surface area contributed by atoms with Gasteiger partial charge in [0.15, 0.2) is 5.82 Å². The number of hydrogen-bond donors (Lipinski definition) is 2. The average Bonchev–Trinajstić information content (AvgIpc) is 2.88. The van der Waals surface area contributed by atoms with Gasteiger partial charge in [0.1, 0.15) is 0 Å². The van der Waals surface area contributed by atoms with Crippen LogP contribution in [0.4, 0.5) is 4.39 Å². The van der Waals surface area contributed by atoms with Crippen molar-refractivity contribution in [1.29, 1.82) is 0 Å². The molecule has 3 rings (SSSR count). The van der Waals surface area contributed by atoms with Gasteiger partial charge in [-0.25, -0.2) is 4.39 Å². The minimum Gasteiger partial charge on any atom is -0.357 e.